The normalized spacial score (nSPS) is 20.7. The van der Waals surface area contributed by atoms with Crippen molar-refractivity contribution in [3.8, 4) is 0 Å². The Balaban J connectivity index is 0.00000300. The van der Waals surface area contributed by atoms with Gasteiger partial charge in [-0.25, -0.2) is 4.99 Å². The second-order valence-electron chi connectivity index (χ2n) is 8.55. The fourth-order valence-corrected chi connectivity index (χ4v) is 4.55. The molecule has 2 aliphatic heterocycles. The number of hydrogen-bond acceptors (Lipinski definition) is 3. The van der Waals surface area contributed by atoms with E-state index in [0.29, 0.717) is 0 Å². The predicted molar refractivity (Wildman–Crippen MR) is 134 cm³/mol. The Kier molecular flexibility index (Phi) is 10.2. The summed E-state index contributed by atoms with van der Waals surface area (Å²) >= 11 is 0. The second kappa shape index (κ2) is 12.1. The van der Waals surface area contributed by atoms with Gasteiger partial charge in [-0.15, -0.1) is 24.0 Å². The number of hydrogen-bond donors (Lipinski definition) is 2. The lowest BCUT2D eigenvalue weighted by atomic mass is 9.84. The maximum absolute atomic E-state index is 4.89. The Bertz CT molecular complexity index is 634. The van der Waals surface area contributed by atoms with E-state index in [2.05, 4.69) is 65.6 Å². The molecule has 0 aromatic heterocycles. The molecule has 2 heterocycles. The van der Waals surface area contributed by atoms with E-state index in [1.54, 1.807) is 0 Å². The van der Waals surface area contributed by atoms with Crippen LogP contribution in [0, 0.1) is 6.92 Å². The van der Waals surface area contributed by atoms with Gasteiger partial charge in [0.2, 0.25) is 0 Å². The zero-order valence-corrected chi connectivity index (χ0v) is 20.9. The quantitative estimate of drug-likeness (QED) is 0.347. The van der Waals surface area contributed by atoms with Gasteiger partial charge in [0.1, 0.15) is 0 Å². The summed E-state index contributed by atoms with van der Waals surface area (Å²) in [4.78, 5) is 10.1. The minimum atomic E-state index is 0. The number of benzene rings is 1. The van der Waals surface area contributed by atoms with Crippen LogP contribution >= 0.6 is 24.0 Å². The van der Waals surface area contributed by atoms with Crippen LogP contribution in [0.4, 0.5) is 0 Å². The number of guanidine groups is 1. The van der Waals surface area contributed by atoms with Crippen LogP contribution in [0.5, 0.6) is 0 Å². The maximum Gasteiger partial charge on any atom is 0.191 e. The summed E-state index contributed by atoms with van der Waals surface area (Å²) in [5.41, 5.74) is 2.87. The number of piperidine rings is 2. The molecule has 5 nitrogen and oxygen atoms in total. The molecule has 0 amide bonds. The average Bonchev–Trinajstić information content (AvgIpc) is 2.73. The SMILES string of the molecule is CCNC(=NCc1ccccc1C)NCC1(N2CCCCC2)CCN(C)CC1.I. The predicted octanol–water partition coefficient (Wildman–Crippen LogP) is 3.62. The molecule has 0 unspecified atom stereocenters. The third-order valence-electron chi connectivity index (χ3n) is 6.54. The molecule has 0 aliphatic carbocycles. The lowest BCUT2D eigenvalue weighted by Crippen LogP contribution is -2.62. The van der Waals surface area contributed by atoms with Crippen molar-refractivity contribution < 1.29 is 0 Å². The van der Waals surface area contributed by atoms with Crippen LogP contribution in [0.2, 0.25) is 0 Å². The minimum Gasteiger partial charge on any atom is -0.357 e. The number of likely N-dealkylation sites (tertiary alicyclic amines) is 2. The van der Waals surface area contributed by atoms with Crippen molar-refractivity contribution >= 4 is 29.9 Å². The van der Waals surface area contributed by atoms with Crippen LogP contribution in [-0.2, 0) is 6.54 Å². The summed E-state index contributed by atoms with van der Waals surface area (Å²) in [6.45, 7) is 11.8. The van der Waals surface area contributed by atoms with Gasteiger partial charge < -0.3 is 15.5 Å². The summed E-state index contributed by atoms with van der Waals surface area (Å²) in [6, 6.07) is 8.53. The summed E-state index contributed by atoms with van der Waals surface area (Å²) < 4.78 is 0. The van der Waals surface area contributed by atoms with Crippen molar-refractivity contribution in [2.45, 2.75) is 58.0 Å². The van der Waals surface area contributed by atoms with Gasteiger partial charge >= 0.3 is 0 Å². The van der Waals surface area contributed by atoms with Crippen LogP contribution in [0.25, 0.3) is 0 Å². The van der Waals surface area contributed by atoms with Gasteiger partial charge in [0.25, 0.3) is 0 Å². The molecule has 2 fully saturated rings. The standard InChI is InChI=1S/C23H39N5.HI/c1-4-24-22(25-18-21-11-7-6-10-20(21)2)26-19-23(12-16-27(3)17-13-23)28-14-8-5-9-15-28;/h6-7,10-11H,4-5,8-9,12-19H2,1-3H3,(H2,24,25,26);1H. The first-order valence-electron chi connectivity index (χ1n) is 11.1. The van der Waals surface area contributed by atoms with E-state index in [0.717, 1.165) is 25.6 Å². The molecular formula is C23H40IN5. The Morgan fingerprint density at radius 1 is 1.03 bits per heavy atom. The zero-order chi connectivity index (χ0) is 19.8. The van der Waals surface area contributed by atoms with E-state index in [-0.39, 0.29) is 29.5 Å². The van der Waals surface area contributed by atoms with Crippen molar-refractivity contribution in [2.24, 2.45) is 4.99 Å². The second-order valence-corrected chi connectivity index (χ2v) is 8.55. The molecule has 2 saturated heterocycles. The van der Waals surface area contributed by atoms with Gasteiger partial charge in [-0.1, -0.05) is 30.7 Å². The molecule has 1 aromatic rings. The highest BCUT2D eigenvalue weighted by atomic mass is 127. The summed E-state index contributed by atoms with van der Waals surface area (Å²) in [7, 11) is 2.25. The molecule has 0 radical (unpaired) electrons. The topological polar surface area (TPSA) is 42.9 Å². The third kappa shape index (κ3) is 6.82. The largest absolute Gasteiger partial charge is 0.357 e. The average molecular weight is 514 g/mol. The van der Waals surface area contributed by atoms with Crippen molar-refractivity contribution in [3.05, 3.63) is 35.4 Å². The Morgan fingerprint density at radius 2 is 1.72 bits per heavy atom. The van der Waals surface area contributed by atoms with Crippen LogP contribution < -0.4 is 10.6 Å². The summed E-state index contributed by atoms with van der Waals surface area (Å²) in [5.74, 6) is 0.945. The Hall–Kier alpha value is -0.860. The lowest BCUT2D eigenvalue weighted by Gasteiger charge is -2.50. The van der Waals surface area contributed by atoms with Crippen LogP contribution in [0.1, 0.15) is 50.2 Å². The molecule has 1 aromatic carbocycles. The van der Waals surface area contributed by atoms with Crippen molar-refractivity contribution in [3.63, 3.8) is 0 Å². The molecule has 2 N–H and O–H groups in total. The van der Waals surface area contributed by atoms with Gasteiger partial charge in [0.15, 0.2) is 5.96 Å². The first-order valence-corrected chi connectivity index (χ1v) is 11.1. The molecule has 0 saturated carbocycles. The molecule has 0 atom stereocenters. The molecule has 3 rings (SSSR count). The van der Waals surface area contributed by atoms with Crippen molar-refractivity contribution in [2.75, 3.05) is 46.3 Å². The number of aryl methyl sites for hydroxylation is 1. The molecule has 0 spiro atoms. The molecule has 6 heteroatoms. The summed E-state index contributed by atoms with van der Waals surface area (Å²) in [6.07, 6.45) is 6.57. The molecule has 29 heavy (non-hydrogen) atoms. The van der Waals surface area contributed by atoms with Crippen LogP contribution in [0.15, 0.2) is 29.3 Å². The van der Waals surface area contributed by atoms with Gasteiger partial charge in [-0.05, 0) is 83.9 Å². The number of aliphatic imine (C=N–C) groups is 1. The van der Waals surface area contributed by atoms with E-state index in [1.807, 2.05) is 0 Å². The monoisotopic (exact) mass is 513 g/mol. The zero-order valence-electron chi connectivity index (χ0n) is 18.5. The van der Waals surface area contributed by atoms with Gasteiger partial charge in [-0.2, -0.15) is 0 Å². The smallest absolute Gasteiger partial charge is 0.191 e. The minimum absolute atomic E-state index is 0. The molecule has 164 valence electrons. The number of rotatable bonds is 6. The first-order chi connectivity index (χ1) is 13.6. The van der Waals surface area contributed by atoms with E-state index >= 15 is 0 Å². The van der Waals surface area contributed by atoms with E-state index in [4.69, 9.17) is 4.99 Å². The van der Waals surface area contributed by atoms with Gasteiger partial charge in [-0.3, -0.25) is 4.90 Å². The van der Waals surface area contributed by atoms with Crippen molar-refractivity contribution in [1.29, 1.82) is 0 Å². The fraction of sp³-hybridized carbons (Fsp3) is 0.696. The first kappa shape index (κ1) is 24.4. The Labute approximate surface area is 194 Å². The lowest BCUT2D eigenvalue weighted by molar-refractivity contribution is 0.0173. The molecule has 2 aliphatic rings. The highest BCUT2D eigenvalue weighted by Gasteiger charge is 2.39. The van der Waals surface area contributed by atoms with E-state index in [9.17, 15) is 0 Å². The van der Waals surface area contributed by atoms with Crippen LogP contribution in [0.3, 0.4) is 0 Å². The highest BCUT2D eigenvalue weighted by molar-refractivity contribution is 14.0. The van der Waals surface area contributed by atoms with E-state index < -0.39 is 0 Å². The van der Waals surface area contributed by atoms with Gasteiger partial charge in [0.05, 0.1) is 6.54 Å². The van der Waals surface area contributed by atoms with Gasteiger partial charge in [0, 0.05) is 18.6 Å². The third-order valence-corrected chi connectivity index (χ3v) is 6.54. The number of nitrogens with zero attached hydrogens (tertiary/aromatic N) is 3. The fourth-order valence-electron chi connectivity index (χ4n) is 4.55. The maximum atomic E-state index is 4.89. The number of nitrogens with one attached hydrogen (secondary N) is 2. The van der Waals surface area contributed by atoms with Crippen LogP contribution in [-0.4, -0.2) is 67.6 Å². The highest BCUT2D eigenvalue weighted by Crippen LogP contribution is 2.30. The Morgan fingerprint density at radius 3 is 2.38 bits per heavy atom. The van der Waals surface area contributed by atoms with Crippen molar-refractivity contribution in [1.82, 2.24) is 20.4 Å². The summed E-state index contributed by atoms with van der Waals surface area (Å²) in [5, 5.41) is 7.16. The number of halogens is 1. The molecule has 0 bridgehead atoms. The van der Waals surface area contributed by atoms with E-state index in [1.165, 1.54) is 69.4 Å². The molecular weight excluding hydrogens is 473 g/mol.